The summed E-state index contributed by atoms with van der Waals surface area (Å²) in [5.74, 6) is -1.14. The van der Waals surface area contributed by atoms with Crippen LogP contribution in [0.2, 0.25) is 0 Å². The molecule has 0 spiro atoms. The van der Waals surface area contributed by atoms with E-state index in [-0.39, 0.29) is 18.2 Å². The normalized spacial score (nSPS) is 12.9. The Balaban J connectivity index is 1.70. The lowest BCUT2D eigenvalue weighted by Crippen LogP contribution is -2.22. The third-order valence-corrected chi connectivity index (χ3v) is 5.63. The number of thiophene rings is 1. The number of hydrogen-bond donors (Lipinski definition) is 2. The van der Waals surface area contributed by atoms with Gasteiger partial charge in [-0.25, -0.2) is 9.18 Å². The molecule has 3 rings (SSSR count). The summed E-state index contributed by atoms with van der Waals surface area (Å²) < 4.78 is 23.5. The van der Waals surface area contributed by atoms with Crippen molar-refractivity contribution in [2.45, 2.75) is 25.7 Å². The second kappa shape index (κ2) is 8.39. The first kappa shape index (κ1) is 19.2. The summed E-state index contributed by atoms with van der Waals surface area (Å²) in [6.07, 6.45) is 3.82. The van der Waals surface area contributed by atoms with Crippen molar-refractivity contribution in [1.29, 1.82) is 0 Å². The number of amides is 1. The number of esters is 1. The molecule has 2 N–H and O–H groups in total. The number of halogens is 1. The van der Waals surface area contributed by atoms with Gasteiger partial charge in [0.05, 0.1) is 26.3 Å². The average molecular weight is 392 g/mol. The zero-order valence-corrected chi connectivity index (χ0v) is 16.0. The highest BCUT2D eigenvalue weighted by atomic mass is 32.1. The van der Waals surface area contributed by atoms with Gasteiger partial charge in [0.1, 0.15) is 5.00 Å². The molecule has 0 saturated heterocycles. The Hall–Kier alpha value is -2.61. The molecule has 0 aliphatic heterocycles. The van der Waals surface area contributed by atoms with Gasteiger partial charge in [-0.3, -0.25) is 4.79 Å². The van der Waals surface area contributed by atoms with Crippen LogP contribution in [0.15, 0.2) is 18.2 Å². The second-order valence-electron chi connectivity index (χ2n) is 6.16. The van der Waals surface area contributed by atoms with Crippen molar-refractivity contribution in [3.63, 3.8) is 0 Å². The number of carbonyl (C=O) groups excluding carboxylic acids is 2. The zero-order chi connectivity index (χ0) is 19.4. The summed E-state index contributed by atoms with van der Waals surface area (Å²) in [6, 6.07) is 4.37. The molecular weight excluding hydrogens is 371 g/mol. The summed E-state index contributed by atoms with van der Waals surface area (Å²) in [5, 5.41) is 6.17. The first-order chi connectivity index (χ1) is 13.0. The highest BCUT2D eigenvalue weighted by Crippen LogP contribution is 2.38. The molecule has 0 saturated carbocycles. The van der Waals surface area contributed by atoms with Gasteiger partial charge in [-0.2, -0.15) is 0 Å². The van der Waals surface area contributed by atoms with E-state index in [9.17, 15) is 14.0 Å². The van der Waals surface area contributed by atoms with Gasteiger partial charge in [-0.1, -0.05) is 0 Å². The number of anilines is 2. The van der Waals surface area contributed by atoms with E-state index in [1.165, 1.54) is 37.7 Å². The number of rotatable bonds is 6. The standard InChI is InChI=1S/C19H21FN2O4S/c1-25-14-8-7-11(9-13(14)20)21-10-16(23)22-18-17(19(24)26-2)12-5-3-4-6-15(12)27-18/h7-9,21H,3-6,10H2,1-2H3,(H,22,23). The van der Waals surface area contributed by atoms with Crippen LogP contribution >= 0.6 is 11.3 Å². The number of benzene rings is 1. The molecule has 0 atom stereocenters. The molecule has 8 heteroatoms. The van der Waals surface area contributed by atoms with Gasteiger partial charge in [0.15, 0.2) is 11.6 Å². The fourth-order valence-corrected chi connectivity index (χ4v) is 4.40. The lowest BCUT2D eigenvalue weighted by molar-refractivity contribution is -0.114. The average Bonchev–Trinajstić information content (AvgIpc) is 3.03. The Bertz CT molecular complexity index is 866. The van der Waals surface area contributed by atoms with Crippen molar-refractivity contribution < 1.29 is 23.5 Å². The first-order valence-corrected chi connectivity index (χ1v) is 9.45. The molecule has 0 fully saturated rings. The summed E-state index contributed by atoms with van der Waals surface area (Å²) in [4.78, 5) is 25.6. The molecule has 1 amide bonds. The van der Waals surface area contributed by atoms with Crippen LogP contribution in [0, 0.1) is 5.82 Å². The minimum absolute atomic E-state index is 0.0606. The Labute approximate surface area is 160 Å². The molecule has 2 aromatic rings. The quantitative estimate of drug-likeness (QED) is 0.735. The molecule has 1 aromatic heterocycles. The van der Waals surface area contributed by atoms with Crippen molar-refractivity contribution in [3.8, 4) is 5.75 Å². The number of fused-ring (bicyclic) bond motifs is 1. The Morgan fingerprint density at radius 1 is 1.22 bits per heavy atom. The first-order valence-electron chi connectivity index (χ1n) is 8.63. The molecule has 27 heavy (non-hydrogen) atoms. The predicted octanol–water partition coefficient (Wildman–Crippen LogP) is 3.61. The number of ether oxygens (including phenoxy) is 2. The molecule has 144 valence electrons. The van der Waals surface area contributed by atoms with E-state index in [2.05, 4.69) is 10.6 Å². The number of nitrogens with one attached hydrogen (secondary N) is 2. The van der Waals surface area contributed by atoms with E-state index in [4.69, 9.17) is 9.47 Å². The molecule has 1 heterocycles. The van der Waals surface area contributed by atoms with E-state index in [1.807, 2.05) is 0 Å². The van der Waals surface area contributed by atoms with Crippen LogP contribution in [-0.4, -0.2) is 32.6 Å². The van der Waals surface area contributed by atoms with Crippen LogP contribution in [0.3, 0.4) is 0 Å². The SMILES string of the molecule is COC(=O)c1c(NC(=O)CNc2ccc(OC)c(F)c2)sc2c1CCCC2. The van der Waals surface area contributed by atoms with Crippen LogP contribution < -0.4 is 15.4 Å². The monoisotopic (exact) mass is 392 g/mol. The number of hydrogen-bond acceptors (Lipinski definition) is 6. The van der Waals surface area contributed by atoms with Gasteiger partial charge >= 0.3 is 5.97 Å². The zero-order valence-electron chi connectivity index (χ0n) is 15.2. The van der Waals surface area contributed by atoms with E-state index in [0.717, 1.165) is 36.1 Å². The summed E-state index contributed by atoms with van der Waals surface area (Å²) in [6.45, 7) is -0.0606. The van der Waals surface area contributed by atoms with Gasteiger partial charge < -0.3 is 20.1 Å². The van der Waals surface area contributed by atoms with Crippen LogP contribution in [0.25, 0.3) is 0 Å². The van der Waals surface area contributed by atoms with Crippen molar-refractivity contribution in [3.05, 3.63) is 40.0 Å². The highest BCUT2D eigenvalue weighted by molar-refractivity contribution is 7.17. The summed E-state index contributed by atoms with van der Waals surface area (Å²) in [5.41, 5.74) is 1.90. The fraction of sp³-hybridized carbons (Fsp3) is 0.368. The van der Waals surface area contributed by atoms with Crippen LogP contribution in [-0.2, 0) is 22.4 Å². The third-order valence-electron chi connectivity index (χ3n) is 4.42. The maximum absolute atomic E-state index is 13.7. The fourth-order valence-electron chi connectivity index (χ4n) is 3.10. The van der Waals surface area contributed by atoms with Crippen molar-refractivity contribution >= 4 is 33.9 Å². The van der Waals surface area contributed by atoms with Gasteiger partial charge in [0, 0.05) is 16.6 Å². The van der Waals surface area contributed by atoms with E-state index in [1.54, 1.807) is 6.07 Å². The molecule has 1 aliphatic rings. The number of carbonyl (C=O) groups is 2. The van der Waals surface area contributed by atoms with Gasteiger partial charge in [0.25, 0.3) is 0 Å². The van der Waals surface area contributed by atoms with Crippen molar-refractivity contribution in [2.24, 2.45) is 0 Å². The van der Waals surface area contributed by atoms with Gasteiger partial charge in [-0.15, -0.1) is 11.3 Å². The summed E-state index contributed by atoms with van der Waals surface area (Å²) in [7, 11) is 2.72. The molecular formula is C19H21FN2O4S. The Kier molecular flexibility index (Phi) is 5.95. The molecule has 0 radical (unpaired) electrons. The van der Waals surface area contributed by atoms with Crippen LogP contribution in [0.1, 0.15) is 33.6 Å². The van der Waals surface area contributed by atoms with E-state index >= 15 is 0 Å². The van der Waals surface area contributed by atoms with Gasteiger partial charge in [-0.05, 0) is 43.4 Å². The highest BCUT2D eigenvalue weighted by Gasteiger charge is 2.26. The molecule has 0 bridgehead atoms. The molecule has 6 nitrogen and oxygen atoms in total. The largest absolute Gasteiger partial charge is 0.494 e. The maximum Gasteiger partial charge on any atom is 0.341 e. The Morgan fingerprint density at radius 2 is 2.00 bits per heavy atom. The van der Waals surface area contributed by atoms with Crippen LogP contribution in [0.5, 0.6) is 5.75 Å². The molecule has 0 unspecified atom stereocenters. The second-order valence-corrected chi connectivity index (χ2v) is 7.26. The minimum atomic E-state index is -0.512. The summed E-state index contributed by atoms with van der Waals surface area (Å²) >= 11 is 1.43. The topological polar surface area (TPSA) is 76.7 Å². The Morgan fingerprint density at radius 3 is 2.70 bits per heavy atom. The smallest absolute Gasteiger partial charge is 0.341 e. The maximum atomic E-state index is 13.7. The van der Waals surface area contributed by atoms with Crippen molar-refractivity contribution in [2.75, 3.05) is 31.4 Å². The van der Waals surface area contributed by atoms with Crippen LogP contribution in [0.4, 0.5) is 15.1 Å². The van der Waals surface area contributed by atoms with E-state index < -0.39 is 11.8 Å². The minimum Gasteiger partial charge on any atom is -0.494 e. The van der Waals surface area contributed by atoms with E-state index in [0.29, 0.717) is 16.3 Å². The molecule has 1 aromatic carbocycles. The number of aryl methyl sites for hydroxylation is 1. The van der Waals surface area contributed by atoms with Crippen molar-refractivity contribution in [1.82, 2.24) is 0 Å². The lowest BCUT2D eigenvalue weighted by Gasteiger charge is -2.12. The van der Waals surface area contributed by atoms with Gasteiger partial charge in [0.2, 0.25) is 5.91 Å². The lowest BCUT2D eigenvalue weighted by atomic mass is 9.95. The third kappa shape index (κ3) is 4.21. The number of methoxy groups -OCH3 is 2. The predicted molar refractivity (Wildman–Crippen MR) is 102 cm³/mol. The molecule has 1 aliphatic carbocycles.